The highest BCUT2D eigenvalue weighted by molar-refractivity contribution is 7.86. The van der Waals surface area contributed by atoms with Gasteiger partial charge in [0.2, 0.25) is 5.91 Å². The Bertz CT molecular complexity index is 1170. The number of rotatable bonds is 12. The van der Waals surface area contributed by atoms with E-state index in [1.54, 1.807) is 6.07 Å². The maximum atomic E-state index is 11.9. The number of methoxy groups -OCH3 is 1. The molecule has 0 spiro atoms. The Morgan fingerprint density at radius 3 is 2.00 bits per heavy atom. The third-order valence-electron chi connectivity index (χ3n) is 4.91. The van der Waals surface area contributed by atoms with Gasteiger partial charge in [0.1, 0.15) is 12.4 Å². The van der Waals surface area contributed by atoms with Crippen LogP contribution in [0.2, 0.25) is 0 Å². The zero-order valence-corrected chi connectivity index (χ0v) is 20.4. The molecule has 3 N–H and O–H groups in total. The normalized spacial score (nSPS) is 11.9. The van der Waals surface area contributed by atoms with Crippen LogP contribution in [-0.2, 0) is 53.8 Å². The molecule has 0 saturated carbocycles. The van der Waals surface area contributed by atoms with Gasteiger partial charge < -0.3 is 10.1 Å². The van der Waals surface area contributed by atoms with E-state index < -0.39 is 31.0 Å². The van der Waals surface area contributed by atoms with Crippen LogP contribution in [0.4, 0.5) is 5.69 Å². The quantitative estimate of drug-likeness (QED) is 0.362. The minimum atomic E-state index is -4.66. The molecule has 0 bridgehead atoms. The van der Waals surface area contributed by atoms with Crippen LogP contribution < -0.4 is 5.32 Å². The van der Waals surface area contributed by atoms with Gasteiger partial charge in [-0.2, -0.15) is 16.8 Å². The van der Waals surface area contributed by atoms with Crippen LogP contribution in [0.5, 0.6) is 0 Å². The Morgan fingerprint density at radius 2 is 1.47 bits per heavy atom. The van der Waals surface area contributed by atoms with E-state index in [4.69, 9.17) is 4.74 Å². The number of Topliss-reactive ketones (excluding diaryl/α,β-unsaturated/α-hetero) is 1. The second kappa shape index (κ2) is 11.7. The summed E-state index contributed by atoms with van der Waals surface area (Å²) in [5.41, 5.74) is 0.950. The Morgan fingerprint density at radius 1 is 0.912 bits per heavy atom. The molecule has 0 radical (unpaired) electrons. The SMILES string of the molecule is CCCC(=O)Cc1ccc(CCc2ccc(NC(=O)COC)cc2S(=O)(=O)O)c(S(=O)(=O)O)c1. The van der Waals surface area contributed by atoms with E-state index in [9.17, 15) is 35.5 Å². The number of carbonyl (C=O) groups excluding carboxylic acids is 2. The molecule has 186 valence electrons. The Kier molecular flexibility index (Phi) is 9.47. The number of carbonyl (C=O) groups is 2. The van der Waals surface area contributed by atoms with Gasteiger partial charge in [-0.1, -0.05) is 25.1 Å². The number of benzene rings is 2. The molecule has 0 atom stereocenters. The van der Waals surface area contributed by atoms with Crippen LogP contribution in [0, 0.1) is 0 Å². The molecule has 0 aromatic heterocycles. The molecule has 1 amide bonds. The second-order valence-electron chi connectivity index (χ2n) is 7.66. The summed E-state index contributed by atoms with van der Waals surface area (Å²) in [4.78, 5) is 22.8. The highest BCUT2D eigenvalue weighted by atomic mass is 32.2. The zero-order chi connectivity index (χ0) is 25.5. The largest absolute Gasteiger partial charge is 0.375 e. The van der Waals surface area contributed by atoms with Crippen molar-refractivity contribution in [1.82, 2.24) is 0 Å². The van der Waals surface area contributed by atoms with Gasteiger partial charge in [0.25, 0.3) is 20.2 Å². The lowest BCUT2D eigenvalue weighted by Crippen LogP contribution is -2.17. The molecule has 0 heterocycles. The van der Waals surface area contributed by atoms with Crippen LogP contribution >= 0.6 is 0 Å². The molecule has 2 aromatic carbocycles. The molecule has 10 nitrogen and oxygen atoms in total. The van der Waals surface area contributed by atoms with E-state index in [0.717, 1.165) is 6.07 Å². The molecule has 2 rings (SSSR count). The maximum Gasteiger partial charge on any atom is 0.294 e. The van der Waals surface area contributed by atoms with E-state index >= 15 is 0 Å². The van der Waals surface area contributed by atoms with Crippen LogP contribution in [0.1, 0.15) is 36.5 Å². The molecular weight excluding hydrogens is 486 g/mol. The average molecular weight is 514 g/mol. The van der Waals surface area contributed by atoms with Crippen molar-refractivity contribution < 1.29 is 40.3 Å². The molecule has 0 unspecified atom stereocenters. The topological polar surface area (TPSA) is 164 Å². The van der Waals surface area contributed by atoms with Gasteiger partial charge in [0, 0.05) is 25.6 Å². The van der Waals surface area contributed by atoms with E-state index in [-0.39, 0.29) is 53.4 Å². The van der Waals surface area contributed by atoms with Gasteiger partial charge in [0.05, 0.1) is 9.79 Å². The average Bonchev–Trinajstić information content (AvgIpc) is 2.72. The van der Waals surface area contributed by atoms with Crippen molar-refractivity contribution in [1.29, 1.82) is 0 Å². The summed E-state index contributed by atoms with van der Waals surface area (Å²) in [6.07, 6.45) is 1.05. The third kappa shape index (κ3) is 7.99. The summed E-state index contributed by atoms with van der Waals surface area (Å²) in [5, 5.41) is 2.44. The van der Waals surface area contributed by atoms with E-state index in [1.807, 2.05) is 6.92 Å². The zero-order valence-electron chi connectivity index (χ0n) is 18.8. The minimum Gasteiger partial charge on any atom is -0.375 e. The predicted molar refractivity (Wildman–Crippen MR) is 124 cm³/mol. The smallest absolute Gasteiger partial charge is 0.294 e. The number of aryl methyl sites for hydroxylation is 2. The van der Waals surface area contributed by atoms with Crippen molar-refractivity contribution >= 4 is 37.6 Å². The predicted octanol–water partition coefficient (Wildman–Crippen LogP) is 2.46. The number of anilines is 1. The first kappa shape index (κ1) is 27.6. The second-order valence-corrected chi connectivity index (χ2v) is 10.4. The van der Waals surface area contributed by atoms with E-state index in [0.29, 0.717) is 18.4 Å². The number of ketones is 1. The number of hydrogen-bond acceptors (Lipinski definition) is 7. The first-order chi connectivity index (χ1) is 15.8. The van der Waals surface area contributed by atoms with Gasteiger partial charge in [-0.15, -0.1) is 0 Å². The van der Waals surface area contributed by atoms with Crippen LogP contribution in [0.3, 0.4) is 0 Å². The summed E-state index contributed by atoms with van der Waals surface area (Å²) >= 11 is 0. The van der Waals surface area contributed by atoms with Crippen molar-refractivity contribution in [2.45, 2.75) is 48.8 Å². The lowest BCUT2D eigenvalue weighted by atomic mass is 10.0. The summed E-state index contributed by atoms with van der Waals surface area (Å²) in [6, 6.07) is 8.18. The summed E-state index contributed by atoms with van der Waals surface area (Å²) in [5.74, 6) is -0.584. The van der Waals surface area contributed by atoms with E-state index in [1.165, 1.54) is 31.4 Å². The highest BCUT2D eigenvalue weighted by Gasteiger charge is 2.20. The third-order valence-corrected chi connectivity index (χ3v) is 6.78. The number of nitrogens with one attached hydrogen (secondary N) is 1. The molecule has 0 aliphatic rings. The monoisotopic (exact) mass is 513 g/mol. The molecule has 0 saturated heterocycles. The fraction of sp³-hybridized carbons (Fsp3) is 0.364. The summed E-state index contributed by atoms with van der Waals surface area (Å²) in [6.45, 7) is 1.60. The summed E-state index contributed by atoms with van der Waals surface area (Å²) in [7, 11) is -7.95. The molecule has 0 aliphatic heterocycles. The Hall–Kier alpha value is -2.64. The molecule has 12 heteroatoms. The molecule has 34 heavy (non-hydrogen) atoms. The van der Waals surface area contributed by atoms with Crippen molar-refractivity contribution in [2.75, 3.05) is 19.0 Å². The molecule has 0 aliphatic carbocycles. The molecular formula is C22H27NO9S2. The first-order valence-electron chi connectivity index (χ1n) is 10.3. The van der Waals surface area contributed by atoms with Crippen molar-refractivity contribution in [2.24, 2.45) is 0 Å². The van der Waals surface area contributed by atoms with Crippen LogP contribution in [-0.4, -0.2) is 51.3 Å². The van der Waals surface area contributed by atoms with Gasteiger partial charge in [0.15, 0.2) is 0 Å². The molecule has 2 aromatic rings. The Balaban J connectivity index is 2.34. The Labute approximate surface area is 198 Å². The fourth-order valence-electron chi connectivity index (χ4n) is 3.43. The lowest BCUT2D eigenvalue weighted by molar-refractivity contribution is -0.120. The standard InChI is InChI=1S/C22H27NO9S2/c1-3-4-19(24)11-15-5-6-16(20(12-15)33(26,27)28)7-8-17-9-10-18(23-22(25)14-32-2)13-21(17)34(29,30)31/h5-6,9-10,12-13H,3-4,7-8,11,14H2,1-2H3,(H,23,25)(H,26,27,28)(H,29,30,31). The lowest BCUT2D eigenvalue weighted by Gasteiger charge is -2.13. The van der Waals surface area contributed by atoms with E-state index in [2.05, 4.69) is 5.32 Å². The molecule has 0 fully saturated rings. The first-order valence-corrected chi connectivity index (χ1v) is 13.2. The minimum absolute atomic E-state index is 0.00193. The number of ether oxygens (including phenoxy) is 1. The van der Waals surface area contributed by atoms with Crippen molar-refractivity contribution in [3.05, 3.63) is 53.1 Å². The van der Waals surface area contributed by atoms with Crippen LogP contribution in [0.15, 0.2) is 46.2 Å². The highest BCUT2D eigenvalue weighted by Crippen LogP contribution is 2.25. The summed E-state index contributed by atoms with van der Waals surface area (Å²) < 4.78 is 71.7. The van der Waals surface area contributed by atoms with Crippen LogP contribution in [0.25, 0.3) is 0 Å². The van der Waals surface area contributed by atoms with Gasteiger partial charge >= 0.3 is 0 Å². The van der Waals surface area contributed by atoms with Gasteiger partial charge in [-0.25, -0.2) is 0 Å². The van der Waals surface area contributed by atoms with Crippen molar-refractivity contribution in [3.63, 3.8) is 0 Å². The number of amides is 1. The number of hydrogen-bond donors (Lipinski definition) is 3. The fourth-order valence-corrected chi connectivity index (χ4v) is 5.01. The van der Waals surface area contributed by atoms with Crippen molar-refractivity contribution in [3.8, 4) is 0 Å². The van der Waals surface area contributed by atoms with Gasteiger partial charge in [-0.3, -0.25) is 18.7 Å². The van der Waals surface area contributed by atoms with Gasteiger partial charge in [-0.05, 0) is 54.2 Å². The maximum absolute atomic E-state index is 11.9.